The van der Waals surface area contributed by atoms with E-state index >= 15 is 9.59 Å². The summed E-state index contributed by atoms with van der Waals surface area (Å²) >= 11 is 0. The smallest absolute Gasteiger partial charge is 0.336 e. The first-order valence-electron chi connectivity index (χ1n) is 21.1. The minimum Gasteiger partial charge on any atom is -0.469 e. The van der Waals surface area contributed by atoms with Gasteiger partial charge in [-0.1, -0.05) is 194 Å². The van der Waals surface area contributed by atoms with Gasteiger partial charge in [-0.15, -0.1) is 0 Å². The zero-order chi connectivity index (χ0) is 39.9. The van der Waals surface area contributed by atoms with Gasteiger partial charge in [-0.05, 0) is 65.1 Å². The average Bonchev–Trinajstić information content (AvgIpc) is 3.54. The highest BCUT2D eigenvalue weighted by atomic mass is 31.2. The van der Waals surface area contributed by atoms with E-state index in [0.717, 1.165) is 68.4 Å². The van der Waals surface area contributed by atoms with Crippen LogP contribution in [0.3, 0.4) is 0 Å². The zero-order valence-electron chi connectivity index (χ0n) is 34.9. The summed E-state index contributed by atoms with van der Waals surface area (Å²) in [6.45, 7) is 10.9. The first-order chi connectivity index (χ1) is 27.1. The molecule has 2 aliphatic carbocycles. The average molecular weight is 772 g/mol. The molecule has 1 heterocycles. The number of methoxy groups -OCH3 is 2. The van der Waals surface area contributed by atoms with E-state index in [1.807, 2.05) is 18.2 Å². The number of esters is 2. The number of benzene rings is 4. The number of carbonyl (C=O) groups is 2. The molecule has 0 spiro atoms. The van der Waals surface area contributed by atoms with E-state index in [2.05, 4.69) is 130 Å². The van der Waals surface area contributed by atoms with Crippen molar-refractivity contribution >= 4 is 47.4 Å². The Kier molecular flexibility index (Phi) is 13.7. The van der Waals surface area contributed by atoms with Gasteiger partial charge >= 0.3 is 11.9 Å². The zero-order valence-corrected chi connectivity index (χ0v) is 35.8. The molecule has 56 heavy (non-hydrogen) atoms. The molecule has 5 nitrogen and oxygen atoms in total. The molecule has 7 heteroatoms. The number of ether oxygens (including phenoxy) is 2. The van der Waals surface area contributed by atoms with Crippen LogP contribution in [-0.2, 0) is 19.1 Å². The normalized spacial score (nSPS) is 20.1. The highest BCUT2D eigenvalue weighted by molar-refractivity contribution is 7.95. The Labute approximate surface area is 337 Å². The SMILES string of the molecule is COC(=O)C1=P(c2ccccc2)(c2ccccc2)N(c2c(C(C)C)cccc2C(C)C)B(C2CCCCC2)[C@]1(C(=O)OC)C1CCCCC1.Cc1ccccc1. The number of anilines is 1. The van der Waals surface area contributed by atoms with Crippen LogP contribution in [0.5, 0.6) is 0 Å². The molecule has 4 aromatic rings. The molecule has 3 aliphatic rings. The van der Waals surface area contributed by atoms with Crippen molar-refractivity contribution in [2.45, 2.75) is 122 Å². The minimum atomic E-state index is -3.10. The standard InChI is InChI=1S/C42H55BNO4P.C7H8/c1-30(2)36-28-19-29-37(31(3)4)38(36)44-43(33-22-13-8-14-23-33)42(41(46)48-6,32-20-11-7-12-21-32)39(40(45)47-5)49(44,34-24-15-9-16-25-34)35-26-17-10-18-27-35;1-7-5-3-2-4-6-7/h9-10,15-19,24-33H,7-8,11-14,20-23H2,1-6H3;2-6H,1H3/t42-;/m1./s1. The number of carbonyl (C=O) groups excluding carboxylic acids is 2. The molecule has 1 aliphatic heterocycles. The molecule has 4 aromatic carbocycles. The lowest BCUT2D eigenvalue weighted by molar-refractivity contribution is -0.145. The van der Waals surface area contributed by atoms with Crippen LogP contribution in [0.25, 0.3) is 0 Å². The summed E-state index contributed by atoms with van der Waals surface area (Å²) < 4.78 is 14.8. The summed E-state index contributed by atoms with van der Waals surface area (Å²) in [5, 5.41) is 1.62. The quantitative estimate of drug-likeness (QED) is 0.0964. The van der Waals surface area contributed by atoms with Crippen LogP contribution in [0.15, 0.2) is 109 Å². The van der Waals surface area contributed by atoms with E-state index in [1.54, 1.807) is 0 Å². The summed E-state index contributed by atoms with van der Waals surface area (Å²) in [6.07, 6.45) is 10.5. The molecule has 0 N–H and O–H groups in total. The molecule has 0 amide bonds. The Morgan fingerprint density at radius 3 is 1.52 bits per heavy atom. The van der Waals surface area contributed by atoms with Crippen molar-refractivity contribution in [1.82, 2.24) is 0 Å². The number of hydrogen-bond donors (Lipinski definition) is 0. The summed E-state index contributed by atoms with van der Waals surface area (Å²) in [4.78, 5) is 30.7. The number of hydrogen-bond acceptors (Lipinski definition) is 5. The van der Waals surface area contributed by atoms with Crippen LogP contribution in [-0.4, -0.2) is 38.3 Å². The maximum absolute atomic E-state index is 15.4. The predicted octanol–water partition coefficient (Wildman–Crippen LogP) is 11.5. The fourth-order valence-corrected chi connectivity index (χ4v) is 15.7. The second-order valence-electron chi connectivity index (χ2n) is 16.8. The second-order valence-corrected chi connectivity index (χ2v) is 20.0. The fraction of sp³-hybridized carbons (Fsp3) is 0.449. The van der Waals surface area contributed by atoms with Crippen molar-refractivity contribution in [3.63, 3.8) is 0 Å². The van der Waals surface area contributed by atoms with E-state index in [0.29, 0.717) is 5.29 Å². The van der Waals surface area contributed by atoms with Gasteiger partial charge in [-0.3, -0.25) is 4.79 Å². The van der Waals surface area contributed by atoms with Gasteiger partial charge < -0.3 is 14.1 Å². The highest BCUT2D eigenvalue weighted by Gasteiger charge is 2.72. The van der Waals surface area contributed by atoms with Crippen molar-refractivity contribution < 1.29 is 19.1 Å². The topological polar surface area (TPSA) is 55.8 Å². The first kappa shape index (κ1) is 41.6. The van der Waals surface area contributed by atoms with Gasteiger partial charge in [0, 0.05) is 12.7 Å². The minimum absolute atomic E-state index is 0.0414. The third-order valence-corrected chi connectivity index (χ3v) is 17.2. The number of para-hydroxylation sites is 1. The van der Waals surface area contributed by atoms with Crippen molar-refractivity contribution in [3.8, 4) is 0 Å². The lowest BCUT2D eigenvalue weighted by atomic mass is 9.29. The van der Waals surface area contributed by atoms with Crippen molar-refractivity contribution in [2.24, 2.45) is 5.92 Å². The molecule has 0 saturated heterocycles. The van der Waals surface area contributed by atoms with E-state index in [4.69, 9.17) is 9.47 Å². The second kappa shape index (κ2) is 18.5. The van der Waals surface area contributed by atoms with Gasteiger partial charge in [0.05, 0.1) is 19.5 Å². The molecule has 0 aromatic heterocycles. The van der Waals surface area contributed by atoms with Crippen LogP contribution in [0.4, 0.5) is 5.69 Å². The van der Waals surface area contributed by atoms with Crippen molar-refractivity contribution in [2.75, 3.05) is 18.8 Å². The third kappa shape index (κ3) is 7.56. The lowest BCUT2D eigenvalue weighted by Gasteiger charge is -2.49. The molecule has 0 radical (unpaired) electrons. The lowest BCUT2D eigenvalue weighted by Crippen LogP contribution is -2.57. The van der Waals surface area contributed by atoms with E-state index in [9.17, 15) is 0 Å². The number of nitrogens with zero attached hydrogens (tertiary/aromatic N) is 1. The number of rotatable bonds is 9. The van der Waals surface area contributed by atoms with E-state index < -0.39 is 12.4 Å². The summed E-state index contributed by atoms with van der Waals surface area (Å²) in [6, 6.07) is 38.3. The predicted molar refractivity (Wildman–Crippen MR) is 238 cm³/mol. The van der Waals surface area contributed by atoms with Crippen LogP contribution in [0, 0.1) is 12.8 Å². The Morgan fingerprint density at radius 1 is 0.643 bits per heavy atom. The van der Waals surface area contributed by atoms with Crippen LogP contribution in [0.2, 0.25) is 11.1 Å². The first-order valence-corrected chi connectivity index (χ1v) is 22.9. The van der Waals surface area contributed by atoms with Gasteiger partial charge in [0.1, 0.15) is 5.31 Å². The number of aryl methyl sites for hydroxylation is 1. The molecule has 2 fully saturated rings. The van der Waals surface area contributed by atoms with Gasteiger partial charge in [0.15, 0.2) is 0 Å². The monoisotopic (exact) mass is 771 g/mol. The van der Waals surface area contributed by atoms with Crippen molar-refractivity contribution in [3.05, 3.63) is 126 Å². The van der Waals surface area contributed by atoms with Crippen molar-refractivity contribution in [1.29, 1.82) is 0 Å². The van der Waals surface area contributed by atoms with E-state index in [1.165, 1.54) is 43.0 Å². The summed E-state index contributed by atoms with van der Waals surface area (Å²) in [7, 11) is -0.0634. The largest absolute Gasteiger partial charge is 0.469 e. The fourth-order valence-electron chi connectivity index (χ4n) is 10.4. The maximum atomic E-state index is 15.4. The molecule has 0 bridgehead atoms. The van der Waals surface area contributed by atoms with E-state index in [-0.39, 0.29) is 42.4 Å². The highest BCUT2D eigenvalue weighted by Crippen LogP contribution is 2.72. The maximum Gasteiger partial charge on any atom is 0.336 e. The molecule has 7 rings (SSSR count). The summed E-state index contributed by atoms with van der Waals surface area (Å²) in [5.41, 5.74) is 5.04. The molecule has 0 unspecified atom stereocenters. The van der Waals surface area contributed by atoms with Crippen LogP contribution in [0.1, 0.15) is 120 Å². The van der Waals surface area contributed by atoms with Gasteiger partial charge in [0.25, 0.3) is 6.85 Å². The molecule has 296 valence electrons. The summed E-state index contributed by atoms with van der Waals surface area (Å²) in [5.74, 6) is -0.0306. The van der Waals surface area contributed by atoms with Crippen LogP contribution < -0.4 is 15.2 Å². The Balaban J connectivity index is 0.000000685. The molecular formula is C49H63BNO4P. The Morgan fingerprint density at radius 2 is 1.11 bits per heavy atom. The Bertz CT molecular complexity index is 1900. The van der Waals surface area contributed by atoms with Crippen LogP contribution >= 0.6 is 7.04 Å². The van der Waals surface area contributed by atoms with Gasteiger partial charge in [0.2, 0.25) is 0 Å². The molecular weight excluding hydrogens is 708 g/mol. The van der Waals surface area contributed by atoms with Gasteiger partial charge in [-0.25, -0.2) is 4.79 Å². The molecule has 2 saturated carbocycles. The molecule has 1 atom stereocenters. The van der Waals surface area contributed by atoms with Gasteiger partial charge in [-0.2, -0.15) is 0 Å². The third-order valence-electron chi connectivity index (χ3n) is 12.8. The Hall–Kier alpha value is -4.02.